The molecule has 0 radical (unpaired) electrons. The van der Waals surface area contributed by atoms with Crippen LogP contribution < -0.4 is 5.32 Å². The van der Waals surface area contributed by atoms with Crippen LogP contribution in [0.3, 0.4) is 0 Å². The fourth-order valence-electron chi connectivity index (χ4n) is 1.68. The first-order valence-corrected chi connectivity index (χ1v) is 5.36. The molecule has 0 aliphatic carbocycles. The van der Waals surface area contributed by atoms with Crippen molar-refractivity contribution in [2.75, 3.05) is 7.05 Å². The first-order valence-electron chi connectivity index (χ1n) is 5.36. The van der Waals surface area contributed by atoms with Gasteiger partial charge < -0.3 is 5.32 Å². The topological polar surface area (TPSA) is 73.0 Å². The Hall–Kier alpha value is -2.35. The Balaban J connectivity index is 2.56. The second kappa shape index (κ2) is 5.11. The second-order valence-corrected chi connectivity index (χ2v) is 3.79. The van der Waals surface area contributed by atoms with Crippen molar-refractivity contribution < 1.29 is 13.7 Å². The van der Waals surface area contributed by atoms with Crippen molar-refractivity contribution in [1.29, 1.82) is 0 Å². The fourth-order valence-corrected chi connectivity index (χ4v) is 1.68. The summed E-state index contributed by atoms with van der Waals surface area (Å²) < 4.78 is 27.8. The second-order valence-electron chi connectivity index (χ2n) is 3.79. The van der Waals surface area contributed by atoms with Crippen LogP contribution in [0.1, 0.15) is 5.69 Å². The lowest BCUT2D eigenvalue weighted by molar-refractivity contribution is -0.385. The summed E-state index contributed by atoms with van der Waals surface area (Å²) >= 11 is 0. The number of nitro benzene ring substituents is 1. The lowest BCUT2D eigenvalue weighted by Gasteiger charge is -2.04. The molecular weight excluding hydrogens is 258 g/mol. The van der Waals surface area contributed by atoms with Gasteiger partial charge in [0.05, 0.1) is 16.7 Å². The normalized spacial score (nSPS) is 10.7. The van der Waals surface area contributed by atoms with Gasteiger partial charge in [-0.25, -0.2) is 13.5 Å². The molecule has 0 aliphatic rings. The van der Waals surface area contributed by atoms with Crippen LogP contribution in [0.4, 0.5) is 14.5 Å². The first-order chi connectivity index (χ1) is 9.02. The number of nitrogens with zero attached hydrogens (tertiary/aromatic N) is 3. The van der Waals surface area contributed by atoms with Crippen LogP contribution in [0.2, 0.25) is 0 Å². The summed E-state index contributed by atoms with van der Waals surface area (Å²) in [6, 6.07) is 2.84. The number of hydrogen-bond acceptors (Lipinski definition) is 4. The molecule has 0 bridgehead atoms. The third-order valence-electron chi connectivity index (χ3n) is 2.44. The fraction of sp³-hybridized carbons (Fsp3) is 0.182. The van der Waals surface area contributed by atoms with Crippen molar-refractivity contribution in [2.45, 2.75) is 6.54 Å². The average Bonchev–Trinajstić information content (AvgIpc) is 2.76. The SMILES string of the molecule is CNCc1ccn(-c2c(F)cc(F)cc2[N+](=O)[O-])n1. The van der Waals surface area contributed by atoms with E-state index in [2.05, 4.69) is 10.4 Å². The van der Waals surface area contributed by atoms with E-state index in [0.717, 1.165) is 4.68 Å². The number of aromatic nitrogens is 2. The van der Waals surface area contributed by atoms with E-state index >= 15 is 0 Å². The maximum Gasteiger partial charge on any atom is 0.300 e. The van der Waals surface area contributed by atoms with Crippen molar-refractivity contribution in [2.24, 2.45) is 0 Å². The lowest BCUT2D eigenvalue weighted by atomic mass is 10.2. The van der Waals surface area contributed by atoms with Crippen molar-refractivity contribution in [1.82, 2.24) is 15.1 Å². The zero-order valence-corrected chi connectivity index (χ0v) is 9.93. The van der Waals surface area contributed by atoms with Gasteiger partial charge in [0.1, 0.15) is 5.82 Å². The maximum atomic E-state index is 13.7. The van der Waals surface area contributed by atoms with Gasteiger partial charge in [-0.1, -0.05) is 0 Å². The molecular formula is C11H10F2N4O2. The van der Waals surface area contributed by atoms with Crippen LogP contribution in [0, 0.1) is 21.7 Å². The molecule has 1 aromatic heterocycles. The van der Waals surface area contributed by atoms with Gasteiger partial charge in [-0.3, -0.25) is 10.1 Å². The van der Waals surface area contributed by atoms with Crippen LogP contribution >= 0.6 is 0 Å². The van der Waals surface area contributed by atoms with Crippen LogP contribution in [-0.4, -0.2) is 21.8 Å². The molecule has 0 spiro atoms. The van der Waals surface area contributed by atoms with Gasteiger partial charge in [-0.15, -0.1) is 0 Å². The highest BCUT2D eigenvalue weighted by atomic mass is 19.1. The number of hydrogen-bond donors (Lipinski definition) is 1. The summed E-state index contributed by atoms with van der Waals surface area (Å²) in [7, 11) is 1.71. The minimum atomic E-state index is -1.04. The minimum absolute atomic E-state index is 0.381. The maximum absolute atomic E-state index is 13.7. The van der Waals surface area contributed by atoms with Crippen molar-refractivity contribution in [3.8, 4) is 5.69 Å². The molecule has 0 aliphatic heterocycles. The molecule has 0 atom stereocenters. The minimum Gasteiger partial charge on any atom is -0.314 e. The molecule has 1 heterocycles. The Labute approximate surface area is 106 Å². The van der Waals surface area contributed by atoms with Gasteiger partial charge in [0, 0.05) is 18.8 Å². The van der Waals surface area contributed by atoms with Crippen LogP contribution in [0.15, 0.2) is 24.4 Å². The summed E-state index contributed by atoms with van der Waals surface area (Å²) in [5.74, 6) is -2.04. The standard InChI is InChI=1S/C11H10F2N4O2/c1-14-6-8-2-3-16(15-8)11-9(13)4-7(12)5-10(11)17(18)19/h2-5,14H,6H2,1H3. The van der Waals surface area contributed by atoms with E-state index in [-0.39, 0.29) is 5.69 Å². The zero-order valence-electron chi connectivity index (χ0n) is 9.93. The van der Waals surface area contributed by atoms with Crippen molar-refractivity contribution >= 4 is 5.69 Å². The molecule has 1 aromatic carbocycles. The van der Waals surface area contributed by atoms with Gasteiger partial charge >= 0.3 is 5.69 Å². The van der Waals surface area contributed by atoms with E-state index in [1.807, 2.05) is 0 Å². The van der Waals surface area contributed by atoms with E-state index in [0.29, 0.717) is 24.4 Å². The number of nitrogens with one attached hydrogen (secondary N) is 1. The number of benzene rings is 1. The van der Waals surface area contributed by atoms with Crippen molar-refractivity contribution in [3.05, 3.63) is 51.8 Å². The third-order valence-corrected chi connectivity index (χ3v) is 2.44. The molecule has 0 saturated heterocycles. The molecule has 2 rings (SSSR count). The van der Waals surface area contributed by atoms with E-state index in [4.69, 9.17) is 0 Å². The molecule has 100 valence electrons. The number of nitro groups is 1. The Bertz CT molecular complexity index is 627. The van der Waals surface area contributed by atoms with Gasteiger partial charge in [0.15, 0.2) is 11.5 Å². The molecule has 6 nitrogen and oxygen atoms in total. The van der Waals surface area contributed by atoms with Gasteiger partial charge in [-0.05, 0) is 13.1 Å². The highest BCUT2D eigenvalue weighted by molar-refractivity contribution is 5.53. The summed E-state index contributed by atoms with van der Waals surface area (Å²) in [6.07, 6.45) is 1.38. The molecule has 2 aromatic rings. The highest BCUT2D eigenvalue weighted by Crippen LogP contribution is 2.26. The molecule has 0 unspecified atom stereocenters. The van der Waals surface area contributed by atoms with E-state index < -0.39 is 22.2 Å². The summed E-state index contributed by atoms with van der Waals surface area (Å²) in [5.41, 5.74) is -0.467. The number of rotatable bonds is 4. The zero-order chi connectivity index (χ0) is 14.0. The first kappa shape index (κ1) is 13.1. The van der Waals surface area contributed by atoms with Crippen LogP contribution in [-0.2, 0) is 6.54 Å². The molecule has 0 saturated carbocycles. The highest BCUT2D eigenvalue weighted by Gasteiger charge is 2.22. The molecule has 0 amide bonds. The van der Waals surface area contributed by atoms with Gasteiger partial charge in [0.2, 0.25) is 0 Å². The van der Waals surface area contributed by atoms with E-state index in [1.54, 1.807) is 13.1 Å². The van der Waals surface area contributed by atoms with Gasteiger partial charge in [-0.2, -0.15) is 5.10 Å². The molecule has 1 N–H and O–H groups in total. The van der Waals surface area contributed by atoms with Gasteiger partial charge in [0.25, 0.3) is 0 Å². The third kappa shape index (κ3) is 2.58. The monoisotopic (exact) mass is 268 g/mol. The lowest BCUT2D eigenvalue weighted by Crippen LogP contribution is -2.08. The smallest absolute Gasteiger partial charge is 0.300 e. The van der Waals surface area contributed by atoms with Crippen LogP contribution in [0.5, 0.6) is 0 Å². The van der Waals surface area contributed by atoms with Crippen molar-refractivity contribution in [3.63, 3.8) is 0 Å². The Morgan fingerprint density at radius 2 is 2.21 bits per heavy atom. The van der Waals surface area contributed by atoms with Crippen LogP contribution in [0.25, 0.3) is 5.69 Å². The summed E-state index contributed by atoms with van der Waals surface area (Å²) in [4.78, 5) is 10.0. The largest absolute Gasteiger partial charge is 0.314 e. The molecule has 8 heteroatoms. The predicted octanol–water partition coefficient (Wildman–Crippen LogP) is 1.78. The Kier molecular flexibility index (Phi) is 3.52. The van der Waals surface area contributed by atoms with E-state index in [9.17, 15) is 18.9 Å². The predicted molar refractivity (Wildman–Crippen MR) is 62.9 cm³/mol. The summed E-state index contributed by atoms with van der Waals surface area (Å²) in [6.45, 7) is 0.434. The van der Waals surface area contributed by atoms with E-state index in [1.165, 1.54) is 6.20 Å². The average molecular weight is 268 g/mol. The summed E-state index contributed by atoms with van der Waals surface area (Å²) in [5, 5.41) is 17.7. The quantitative estimate of drug-likeness (QED) is 0.677. The molecule has 0 fully saturated rings. The molecule has 19 heavy (non-hydrogen) atoms. The Morgan fingerprint density at radius 1 is 1.47 bits per heavy atom. The Morgan fingerprint density at radius 3 is 2.84 bits per heavy atom. The number of halogens is 2.